The SMILES string of the molecule is CCCCS(=O)(=O)N1CCCC(C(=O)Nc2nnc(Cc3ccccc3)s2)C1. The molecule has 0 saturated carbocycles. The van der Waals surface area contributed by atoms with Crippen LogP contribution in [0.3, 0.4) is 0 Å². The van der Waals surface area contributed by atoms with Crippen molar-refractivity contribution in [2.75, 3.05) is 24.2 Å². The Labute approximate surface area is 170 Å². The molecule has 1 aliphatic heterocycles. The minimum Gasteiger partial charge on any atom is -0.300 e. The predicted octanol–water partition coefficient (Wildman–Crippen LogP) is 2.91. The van der Waals surface area contributed by atoms with Crippen molar-refractivity contribution in [3.8, 4) is 0 Å². The highest BCUT2D eigenvalue weighted by Crippen LogP contribution is 2.23. The molecular weight excluding hydrogens is 396 g/mol. The lowest BCUT2D eigenvalue weighted by atomic mass is 9.99. The standard InChI is InChI=1S/C19H26N4O3S2/c1-2-3-12-28(25,26)23-11-7-10-16(14-23)18(24)20-19-22-21-17(27-19)13-15-8-5-4-6-9-15/h4-6,8-9,16H,2-3,7,10-14H2,1H3,(H,20,22,24). The smallest absolute Gasteiger partial charge is 0.230 e. The van der Waals surface area contributed by atoms with Gasteiger partial charge < -0.3 is 5.32 Å². The molecule has 0 radical (unpaired) electrons. The number of sulfonamides is 1. The van der Waals surface area contributed by atoms with Crippen molar-refractivity contribution in [3.05, 3.63) is 40.9 Å². The second-order valence-corrected chi connectivity index (χ2v) is 10.2. The zero-order valence-electron chi connectivity index (χ0n) is 16.0. The van der Waals surface area contributed by atoms with Gasteiger partial charge in [0.15, 0.2) is 0 Å². The summed E-state index contributed by atoms with van der Waals surface area (Å²) in [6.45, 7) is 2.71. The molecule has 152 valence electrons. The van der Waals surface area contributed by atoms with Gasteiger partial charge >= 0.3 is 0 Å². The van der Waals surface area contributed by atoms with E-state index in [0.717, 1.165) is 17.0 Å². The van der Waals surface area contributed by atoms with E-state index in [1.807, 2.05) is 37.3 Å². The summed E-state index contributed by atoms with van der Waals surface area (Å²) in [4.78, 5) is 12.6. The van der Waals surface area contributed by atoms with Crippen LogP contribution in [0.15, 0.2) is 30.3 Å². The van der Waals surface area contributed by atoms with Gasteiger partial charge in [-0.05, 0) is 24.8 Å². The molecule has 1 unspecified atom stereocenters. The Morgan fingerprint density at radius 1 is 1.29 bits per heavy atom. The largest absolute Gasteiger partial charge is 0.300 e. The second-order valence-electron chi connectivity index (χ2n) is 7.02. The molecule has 1 atom stereocenters. The quantitative estimate of drug-likeness (QED) is 0.706. The number of hydrogen-bond acceptors (Lipinski definition) is 6. The molecule has 1 aromatic carbocycles. The van der Waals surface area contributed by atoms with E-state index in [-0.39, 0.29) is 24.1 Å². The Hall–Kier alpha value is -1.84. The van der Waals surface area contributed by atoms with E-state index in [0.29, 0.717) is 37.4 Å². The first-order valence-electron chi connectivity index (χ1n) is 9.63. The minimum atomic E-state index is -3.29. The Morgan fingerprint density at radius 3 is 2.82 bits per heavy atom. The van der Waals surface area contributed by atoms with Crippen LogP contribution in [-0.4, -0.2) is 47.7 Å². The van der Waals surface area contributed by atoms with Gasteiger partial charge in [0.05, 0.1) is 11.7 Å². The van der Waals surface area contributed by atoms with E-state index in [9.17, 15) is 13.2 Å². The van der Waals surface area contributed by atoms with Crippen molar-refractivity contribution in [2.24, 2.45) is 5.92 Å². The van der Waals surface area contributed by atoms with E-state index in [2.05, 4.69) is 15.5 Å². The summed E-state index contributed by atoms with van der Waals surface area (Å²) in [5, 5.41) is 12.3. The van der Waals surface area contributed by atoms with E-state index in [1.54, 1.807) is 0 Å². The molecule has 1 saturated heterocycles. The Balaban J connectivity index is 1.57. The molecule has 0 bridgehead atoms. The van der Waals surface area contributed by atoms with Crippen molar-refractivity contribution in [3.63, 3.8) is 0 Å². The summed E-state index contributed by atoms with van der Waals surface area (Å²) in [5.41, 5.74) is 1.14. The number of nitrogens with one attached hydrogen (secondary N) is 1. The molecule has 2 heterocycles. The number of aromatic nitrogens is 2. The van der Waals surface area contributed by atoms with E-state index < -0.39 is 10.0 Å². The van der Waals surface area contributed by atoms with E-state index in [1.165, 1.54) is 15.6 Å². The highest BCUT2D eigenvalue weighted by atomic mass is 32.2. The second kappa shape index (κ2) is 9.58. The van der Waals surface area contributed by atoms with Gasteiger partial charge in [-0.15, -0.1) is 10.2 Å². The van der Waals surface area contributed by atoms with Crippen molar-refractivity contribution in [1.29, 1.82) is 0 Å². The number of carbonyl (C=O) groups is 1. The molecule has 0 spiro atoms. The van der Waals surface area contributed by atoms with Gasteiger partial charge in [0.25, 0.3) is 0 Å². The predicted molar refractivity (Wildman–Crippen MR) is 111 cm³/mol. The molecule has 28 heavy (non-hydrogen) atoms. The van der Waals surface area contributed by atoms with Crippen LogP contribution in [0, 0.1) is 5.92 Å². The van der Waals surface area contributed by atoms with Crippen LogP contribution in [0.5, 0.6) is 0 Å². The molecule has 9 heteroatoms. The molecule has 1 N–H and O–H groups in total. The maximum atomic E-state index is 12.6. The van der Waals surface area contributed by atoms with E-state index in [4.69, 9.17) is 0 Å². The fourth-order valence-corrected chi connectivity index (χ4v) is 5.72. The van der Waals surface area contributed by atoms with Gasteiger partial charge in [0.2, 0.25) is 21.1 Å². The monoisotopic (exact) mass is 422 g/mol. The van der Waals surface area contributed by atoms with Crippen LogP contribution < -0.4 is 5.32 Å². The number of carbonyl (C=O) groups excluding carboxylic acids is 1. The van der Waals surface area contributed by atoms with Crippen molar-refractivity contribution in [2.45, 2.75) is 39.0 Å². The summed E-state index contributed by atoms with van der Waals surface area (Å²) in [5.74, 6) is -0.388. The van der Waals surface area contributed by atoms with Gasteiger partial charge in [-0.25, -0.2) is 12.7 Å². The zero-order valence-corrected chi connectivity index (χ0v) is 17.6. The summed E-state index contributed by atoms with van der Waals surface area (Å²) >= 11 is 1.35. The molecule has 1 fully saturated rings. The number of rotatable bonds is 8. The molecule has 1 aliphatic rings. The molecule has 7 nitrogen and oxygen atoms in total. The molecule has 2 aromatic rings. The first-order valence-corrected chi connectivity index (χ1v) is 12.1. The highest BCUT2D eigenvalue weighted by molar-refractivity contribution is 7.89. The Bertz CT molecular complexity index is 884. The number of benzene rings is 1. The third-order valence-corrected chi connectivity index (χ3v) is 7.56. The topological polar surface area (TPSA) is 92.3 Å². The maximum absolute atomic E-state index is 12.6. The number of unbranched alkanes of at least 4 members (excludes halogenated alkanes) is 1. The first-order chi connectivity index (χ1) is 13.5. The number of piperidine rings is 1. The van der Waals surface area contributed by atoms with Crippen LogP contribution >= 0.6 is 11.3 Å². The van der Waals surface area contributed by atoms with Gasteiger partial charge in [0.1, 0.15) is 5.01 Å². The van der Waals surface area contributed by atoms with Crippen LogP contribution in [-0.2, 0) is 21.2 Å². The number of hydrogen-bond donors (Lipinski definition) is 1. The van der Waals surface area contributed by atoms with Crippen molar-refractivity contribution in [1.82, 2.24) is 14.5 Å². The average molecular weight is 423 g/mol. The molecule has 1 aromatic heterocycles. The first kappa shape index (κ1) is 20.9. The fraction of sp³-hybridized carbons (Fsp3) is 0.526. The Kier molecular flexibility index (Phi) is 7.14. The maximum Gasteiger partial charge on any atom is 0.230 e. The van der Waals surface area contributed by atoms with Crippen LogP contribution in [0.2, 0.25) is 0 Å². The normalized spacial score (nSPS) is 18.1. The van der Waals surface area contributed by atoms with Crippen LogP contribution in [0.1, 0.15) is 43.2 Å². The lowest BCUT2D eigenvalue weighted by Crippen LogP contribution is -2.44. The molecule has 3 rings (SSSR count). The van der Waals surface area contributed by atoms with Crippen molar-refractivity contribution < 1.29 is 13.2 Å². The van der Waals surface area contributed by atoms with Gasteiger partial charge in [-0.2, -0.15) is 0 Å². The molecule has 0 aliphatic carbocycles. The van der Waals surface area contributed by atoms with Gasteiger partial charge in [-0.3, -0.25) is 4.79 Å². The van der Waals surface area contributed by atoms with Crippen LogP contribution in [0.4, 0.5) is 5.13 Å². The van der Waals surface area contributed by atoms with Gasteiger partial charge in [0, 0.05) is 19.5 Å². The van der Waals surface area contributed by atoms with Crippen LogP contribution in [0.25, 0.3) is 0 Å². The summed E-state index contributed by atoms with van der Waals surface area (Å²) in [6.07, 6.45) is 3.52. The summed E-state index contributed by atoms with van der Waals surface area (Å²) in [7, 11) is -3.29. The van der Waals surface area contributed by atoms with Gasteiger partial charge in [-0.1, -0.05) is 55.0 Å². The average Bonchev–Trinajstić information content (AvgIpc) is 3.14. The number of nitrogens with zero attached hydrogens (tertiary/aromatic N) is 3. The third-order valence-electron chi connectivity index (χ3n) is 4.80. The summed E-state index contributed by atoms with van der Waals surface area (Å²) < 4.78 is 26.3. The lowest BCUT2D eigenvalue weighted by Gasteiger charge is -2.31. The molecule has 1 amide bonds. The third kappa shape index (κ3) is 5.59. The minimum absolute atomic E-state index is 0.150. The Morgan fingerprint density at radius 2 is 2.07 bits per heavy atom. The lowest BCUT2D eigenvalue weighted by molar-refractivity contribution is -0.120. The molecular formula is C19H26N4O3S2. The fourth-order valence-electron chi connectivity index (χ4n) is 3.22. The summed E-state index contributed by atoms with van der Waals surface area (Å²) in [6, 6.07) is 9.96. The number of amides is 1. The van der Waals surface area contributed by atoms with Crippen molar-refractivity contribution >= 4 is 32.4 Å². The number of anilines is 1. The highest BCUT2D eigenvalue weighted by Gasteiger charge is 2.32. The zero-order chi connectivity index (χ0) is 20.0. The van der Waals surface area contributed by atoms with E-state index >= 15 is 0 Å².